The van der Waals surface area contributed by atoms with Crippen LogP contribution in [0.25, 0.3) is 0 Å². The predicted octanol–water partition coefficient (Wildman–Crippen LogP) is 2.04. The van der Waals surface area contributed by atoms with Gasteiger partial charge in [-0.2, -0.15) is 5.26 Å². The highest BCUT2D eigenvalue weighted by molar-refractivity contribution is 6.31. The summed E-state index contributed by atoms with van der Waals surface area (Å²) in [7, 11) is 0. The van der Waals surface area contributed by atoms with Crippen LogP contribution in [0.2, 0.25) is 5.02 Å². The maximum atomic E-state index is 12.8. The number of anilines is 1. The molecule has 4 nitrogen and oxygen atoms in total. The monoisotopic (exact) mass is 228 g/mol. The van der Waals surface area contributed by atoms with Crippen molar-refractivity contribution < 1.29 is 14.3 Å². The Morgan fingerprint density at radius 1 is 1.67 bits per heavy atom. The molecule has 0 radical (unpaired) electrons. The lowest BCUT2D eigenvalue weighted by atomic mass is 10.2. The molecule has 0 aromatic heterocycles. The fraction of sp³-hybridized carbons (Fsp3) is 0.111. The molecule has 1 aromatic rings. The molecule has 0 atom stereocenters. The van der Waals surface area contributed by atoms with Crippen LogP contribution in [-0.2, 0) is 4.79 Å². The number of benzene rings is 1. The summed E-state index contributed by atoms with van der Waals surface area (Å²) in [5.41, 5.74) is -0.0262. The highest BCUT2D eigenvalue weighted by atomic mass is 35.5. The first-order valence-electron chi connectivity index (χ1n) is 3.89. The Morgan fingerprint density at radius 2 is 2.33 bits per heavy atom. The molecular formula is C9H6ClFN2O2. The van der Waals surface area contributed by atoms with E-state index >= 15 is 0 Å². The van der Waals surface area contributed by atoms with E-state index in [9.17, 15) is 14.3 Å². The number of hydrogen-bond donors (Lipinski definition) is 2. The summed E-state index contributed by atoms with van der Waals surface area (Å²) >= 11 is 5.44. The normalized spacial score (nSPS) is 9.40. The zero-order chi connectivity index (χ0) is 11.4. The number of phenolic OH excluding ortho intramolecular Hbond substituents is 1. The van der Waals surface area contributed by atoms with Gasteiger partial charge >= 0.3 is 0 Å². The van der Waals surface area contributed by atoms with Gasteiger partial charge in [-0.1, -0.05) is 11.6 Å². The Balaban J connectivity index is 2.92. The lowest BCUT2D eigenvalue weighted by Gasteiger charge is -2.06. The number of carbonyl (C=O) groups is 1. The maximum Gasteiger partial charge on any atom is 0.238 e. The molecule has 0 fully saturated rings. The summed E-state index contributed by atoms with van der Waals surface area (Å²) in [5, 5.41) is 19.5. The van der Waals surface area contributed by atoms with E-state index in [1.807, 2.05) is 0 Å². The van der Waals surface area contributed by atoms with Crippen LogP contribution in [0.4, 0.5) is 10.1 Å². The lowest BCUT2D eigenvalue weighted by molar-refractivity contribution is -0.115. The number of hydrogen-bond acceptors (Lipinski definition) is 3. The third-order valence-electron chi connectivity index (χ3n) is 1.55. The summed E-state index contributed by atoms with van der Waals surface area (Å²) in [5.74, 6) is -1.83. The number of nitrogens with zero attached hydrogens (tertiary/aromatic N) is 1. The number of phenols is 1. The number of halogens is 2. The molecule has 15 heavy (non-hydrogen) atoms. The second kappa shape index (κ2) is 4.62. The Kier molecular flexibility index (Phi) is 3.47. The summed E-state index contributed by atoms with van der Waals surface area (Å²) in [6.45, 7) is 0. The van der Waals surface area contributed by atoms with Crippen molar-refractivity contribution in [1.29, 1.82) is 5.26 Å². The van der Waals surface area contributed by atoms with Crippen LogP contribution in [0.5, 0.6) is 5.75 Å². The van der Waals surface area contributed by atoms with Crippen molar-refractivity contribution in [2.75, 3.05) is 5.32 Å². The lowest BCUT2D eigenvalue weighted by Crippen LogP contribution is -2.10. The van der Waals surface area contributed by atoms with Crippen molar-refractivity contribution in [3.05, 3.63) is 23.0 Å². The molecule has 1 amide bonds. The van der Waals surface area contributed by atoms with E-state index in [1.165, 1.54) is 0 Å². The molecule has 0 aliphatic carbocycles. The molecule has 0 bridgehead atoms. The molecule has 0 saturated heterocycles. The standard InChI is InChI=1S/C9H6ClFN2O2/c10-5-3-7(8(14)4-6(5)11)13-9(15)1-2-12/h3-4,14H,1H2,(H,13,15). The average Bonchev–Trinajstić information content (AvgIpc) is 2.14. The summed E-state index contributed by atoms with van der Waals surface area (Å²) in [4.78, 5) is 11.0. The van der Waals surface area contributed by atoms with Gasteiger partial charge in [0.25, 0.3) is 0 Å². The molecule has 6 heteroatoms. The quantitative estimate of drug-likeness (QED) is 0.761. The minimum absolute atomic E-state index is 0.0262. The van der Waals surface area contributed by atoms with E-state index in [4.69, 9.17) is 16.9 Å². The van der Waals surface area contributed by atoms with E-state index in [0.717, 1.165) is 12.1 Å². The van der Waals surface area contributed by atoms with Gasteiger partial charge in [-0.05, 0) is 6.07 Å². The van der Waals surface area contributed by atoms with Crippen LogP contribution < -0.4 is 5.32 Å². The number of amides is 1. The average molecular weight is 229 g/mol. The minimum atomic E-state index is -0.785. The molecule has 1 rings (SSSR count). The largest absolute Gasteiger partial charge is 0.506 e. The van der Waals surface area contributed by atoms with Gasteiger partial charge < -0.3 is 10.4 Å². The first-order valence-corrected chi connectivity index (χ1v) is 4.27. The Labute approximate surface area is 89.9 Å². The molecule has 0 unspecified atom stereocenters. The molecule has 0 heterocycles. The Bertz CT molecular complexity index is 442. The van der Waals surface area contributed by atoms with Gasteiger partial charge in [0.2, 0.25) is 5.91 Å². The second-order valence-corrected chi connectivity index (χ2v) is 3.07. The molecule has 0 aliphatic rings. The number of carbonyl (C=O) groups excluding carboxylic acids is 1. The zero-order valence-corrected chi connectivity index (χ0v) is 8.18. The van der Waals surface area contributed by atoms with Gasteiger partial charge in [0.05, 0.1) is 16.8 Å². The van der Waals surface area contributed by atoms with E-state index in [1.54, 1.807) is 6.07 Å². The molecule has 0 spiro atoms. The van der Waals surface area contributed by atoms with Crippen molar-refractivity contribution in [3.8, 4) is 11.8 Å². The minimum Gasteiger partial charge on any atom is -0.506 e. The van der Waals surface area contributed by atoms with Crippen molar-refractivity contribution >= 4 is 23.2 Å². The summed E-state index contributed by atoms with van der Waals surface area (Å²) in [6, 6.07) is 3.49. The number of nitriles is 1. The molecule has 1 aromatic carbocycles. The predicted molar refractivity (Wildman–Crippen MR) is 51.9 cm³/mol. The van der Waals surface area contributed by atoms with Gasteiger partial charge in [0, 0.05) is 6.07 Å². The van der Waals surface area contributed by atoms with Crippen molar-refractivity contribution in [3.63, 3.8) is 0 Å². The molecular weight excluding hydrogens is 223 g/mol. The van der Waals surface area contributed by atoms with Gasteiger partial charge in [-0.15, -0.1) is 0 Å². The number of aromatic hydroxyl groups is 1. The number of nitrogens with one attached hydrogen (secondary N) is 1. The first-order chi connectivity index (χ1) is 7.04. The van der Waals surface area contributed by atoms with Crippen molar-refractivity contribution in [2.24, 2.45) is 0 Å². The molecule has 0 aliphatic heterocycles. The highest BCUT2D eigenvalue weighted by Crippen LogP contribution is 2.29. The van der Waals surface area contributed by atoms with E-state index < -0.39 is 17.5 Å². The summed E-state index contributed by atoms with van der Waals surface area (Å²) < 4.78 is 12.8. The van der Waals surface area contributed by atoms with E-state index in [0.29, 0.717) is 0 Å². The fourth-order valence-electron chi connectivity index (χ4n) is 0.903. The van der Waals surface area contributed by atoms with Crippen LogP contribution in [0.3, 0.4) is 0 Å². The molecule has 78 valence electrons. The third-order valence-corrected chi connectivity index (χ3v) is 1.84. The smallest absolute Gasteiger partial charge is 0.238 e. The second-order valence-electron chi connectivity index (χ2n) is 2.67. The van der Waals surface area contributed by atoms with Crippen LogP contribution in [-0.4, -0.2) is 11.0 Å². The van der Waals surface area contributed by atoms with Crippen LogP contribution in [0.1, 0.15) is 6.42 Å². The van der Waals surface area contributed by atoms with Gasteiger partial charge in [-0.25, -0.2) is 4.39 Å². The third kappa shape index (κ3) is 2.82. The number of rotatable bonds is 2. The maximum absolute atomic E-state index is 12.8. The van der Waals surface area contributed by atoms with E-state index in [-0.39, 0.29) is 17.1 Å². The SMILES string of the molecule is N#CCC(=O)Nc1cc(Cl)c(F)cc1O. The molecule has 2 N–H and O–H groups in total. The van der Waals surface area contributed by atoms with Crippen LogP contribution in [0.15, 0.2) is 12.1 Å². The van der Waals surface area contributed by atoms with Gasteiger partial charge in [0.1, 0.15) is 18.0 Å². The van der Waals surface area contributed by atoms with Crippen molar-refractivity contribution in [2.45, 2.75) is 6.42 Å². The Hall–Kier alpha value is -1.80. The topological polar surface area (TPSA) is 73.1 Å². The van der Waals surface area contributed by atoms with Crippen LogP contribution in [0, 0.1) is 17.1 Å². The highest BCUT2D eigenvalue weighted by Gasteiger charge is 2.10. The van der Waals surface area contributed by atoms with Crippen molar-refractivity contribution in [1.82, 2.24) is 0 Å². The first kappa shape index (κ1) is 11.3. The fourth-order valence-corrected chi connectivity index (χ4v) is 1.07. The Morgan fingerprint density at radius 3 is 2.93 bits per heavy atom. The van der Waals surface area contributed by atoms with E-state index in [2.05, 4.69) is 5.32 Å². The van der Waals surface area contributed by atoms with Gasteiger partial charge in [-0.3, -0.25) is 4.79 Å². The van der Waals surface area contributed by atoms with Crippen LogP contribution >= 0.6 is 11.6 Å². The van der Waals surface area contributed by atoms with Gasteiger partial charge in [0.15, 0.2) is 0 Å². The summed E-state index contributed by atoms with van der Waals surface area (Å²) in [6.07, 6.45) is -0.353. The molecule has 0 saturated carbocycles. The zero-order valence-electron chi connectivity index (χ0n) is 7.42.